The van der Waals surface area contributed by atoms with Gasteiger partial charge in [0.2, 0.25) is 0 Å². The number of pyridine rings is 1. The number of aromatic nitrogens is 1. The van der Waals surface area contributed by atoms with Crippen molar-refractivity contribution in [3.05, 3.63) is 34.7 Å². The molecular weight excluding hydrogens is 250 g/mol. The molecule has 2 fully saturated rings. The highest BCUT2D eigenvalue weighted by atomic mass is 16.1. The van der Waals surface area contributed by atoms with E-state index in [1.165, 1.54) is 12.8 Å². The summed E-state index contributed by atoms with van der Waals surface area (Å²) in [7, 11) is 0. The third-order valence-electron chi connectivity index (χ3n) is 4.99. The minimum atomic E-state index is 0.101. The van der Waals surface area contributed by atoms with Crippen molar-refractivity contribution in [1.29, 1.82) is 0 Å². The molecule has 20 heavy (non-hydrogen) atoms. The van der Waals surface area contributed by atoms with Gasteiger partial charge in [0.25, 0.3) is 5.56 Å². The van der Waals surface area contributed by atoms with Crippen LogP contribution in [0.3, 0.4) is 0 Å². The van der Waals surface area contributed by atoms with Crippen LogP contribution >= 0.6 is 0 Å². The molecule has 0 bridgehead atoms. The first-order chi connectivity index (χ1) is 9.59. The van der Waals surface area contributed by atoms with Crippen LogP contribution < -0.4 is 10.9 Å². The first kappa shape index (κ1) is 13.8. The summed E-state index contributed by atoms with van der Waals surface area (Å²) < 4.78 is 1.82. The molecule has 1 saturated heterocycles. The Morgan fingerprint density at radius 2 is 2.15 bits per heavy atom. The molecule has 0 radical (unpaired) electrons. The van der Waals surface area contributed by atoms with Crippen molar-refractivity contribution in [1.82, 2.24) is 14.8 Å². The maximum Gasteiger partial charge on any atom is 0.250 e. The summed E-state index contributed by atoms with van der Waals surface area (Å²) in [5.41, 5.74) is 0.369. The number of nitrogens with one attached hydrogen (secondary N) is 1. The number of hydrogen-bond acceptors (Lipinski definition) is 3. The van der Waals surface area contributed by atoms with Crippen molar-refractivity contribution in [3.8, 4) is 0 Å². The van der Waals surface area contributed by atoms with Gasteiger partial charge in [-0.2, -0.15) is 0 Å². The van der Waals surface area contributed by atoms with E-state index in [1.807, 2.05) is 16.8 Å². The zero-order valence-corrected chi connectivity index (χ0v) is 12.5. The van der Waals surface area contributed by atoms with E-state index in [0.29, 0.717) is 6.04 Å². The minimum absolute atomic E-state index is 0.101. The van der Waals surface area contributed by atoms with Crippen LogP contribution in [0.15, 0.2) is 29.2 Å². The van der Waals surface area contributed by atoms with Crippen molar-refractivity contribution in [2.45, 2.75) is 44.8 Å². The van der Waals surface area contributed by atoms with Crippen LogP contribution in [0.1, 0.15) is 26.7 Å². The summed E-state index contributed by atoms with van der Waals surface area (Å²) >= 11 is 0. The van der Waals surface area contributed by atoms with Crippen LogP contribution in [-0.2, 0) is 6.54 Å². The summed E-state index contributed by atoms with van der Waals surface area (Å²) in [4.78, 5) is 14.4. The van der Waals surface area contributed by atoms with Gasteiger partial charge >= 0.3 is 0 Å². The van der Waals surface area contributed by atoms with Gasteiger partial charge in [0.1, 0.15) is 0 Å². The molecule has 4 heteroatoms. The molecule has 2 atom stereocenters. The topological polar surface area (TPSA) is 37.3 Å². The maximum atomic E-state index is 11.8. The highest BCUT2D eigenvalue weighted by Crippen LogP contribution is 2.43. The van der Waals surface area contributed by atoms with Gasteiger partial charge in [-0.1, -0.05) is 6.07 Å². The molecule has 0 spiro atoms. The fourth-order valence-corrected chi connectivity index (χ4v) is 3.42. The van der Waals surface area contributed by atoms with Gasteiger partial charge in [0, 0.05) is 50.0 Å². The second-order valence-corrected chi connectivity index (χ2v) is 6.59. The standard InChI is InChI=1S/C16H25N3O/c1-13-11-19(16(2,12-17-13)14-6-7-14)10-9-18-8-4-3-5-15(18)20/h3-5,8,13-14,17H,6-7,9-12H2,1-2H3. The molecule has 2 unspecified atom stereocenters. The lowest BCUT2D eigenvalue weighted by Gasteiger charge is -2.48. The Morgan fingerprint density at radius 3 is 2.85 bits per heavy atom. The average Bonchev–Trinajstić information content (AvgIpc) is 3.26. The molecule has 0 aromatic carbocycles. The molecule has 1 aliphatic heterocycles. The minimum Gasteiger partial charge on any atom is -0.314 e. The Labute approximate surface area is 120 Å². The fraction of sp³-hybridized carbons (Fsp3) is 0.688. The average molecular weight is 275 g/mol. The van der Waals surface area contributed by atoms with Gasteiger partial charge in [0.05, 0.1) is 0 Å². The summed E-state index contributed by atoms with van der Waals surface area (Å²) in [5.74, 6) is 0.829. The maximum absolute atomic E-state index is 11.8. The Balaban J connectivity index is 1.70. The van der Waals surface area contributed by atoms with E-state index in [9.17, 15) is 4.79 Å². The predicted molar refractivity (Wildman–Crippen MR) is 80.9 cm³/mol. The van der Waals surface area contributed by atoms with Crippen LogP contribution in [-0.4, -0.2) is 40.7 Å². The quantitative estimate of drug-likeness (QED) is 0.900. The van der Waals surface area contributed by atoms with Gasteiger partial charge in [-0.25, -0.2) is 0 Å². The van der Waals surface area contributed by atoms with Gasteiger partial charge in [-0.05, 0) is 38.7 Å². The van der Waals surface area contributed by atoms with Gasteiger partial charge in [-0.3, -0.25) is 9.69 Å². The zero-order valence-electron chi connectivity index (χ0n) is 12.5. The molecule has 2 heterocycles. The first-order valence-corrected chi connectivity index (χ1v) is 7.73. The summed E-state index contributed by atoms with van der Waals surface area (Å²) in [5, 5.41) is 3.62. The molecule has 1 aromatic heterocycles. The SMILES string of the molecule is CC1CN(CCn2ccccc2=O)C(C)(C2CC2)CN1. The van der Waals surface area contributed by atoms with E-state index < -0.39 is 0 Å². The van der Waals surface area contributed by atoms with Crippen molar-refractivity contribution in [3.63, 3.8) is 0 Å². The second kappa shape index (κ2) is 5.34. The van der Waals surface area contributed by atoms with Gasteiger partial charge < -0.3 is 9.88 Å². The molecular formula is C16H25N3O. The number of piperazine rings is 1. The number of hydrogen-bond donors (Lipinski definition) is 1. The molecule has 110 valence electrons. The lowest BCUT2D eigenvalue weighted by molar-refractivity contribution is 0.0352. The summed E-state index contributed by atoms with van der Waals surface area (Å²) in [6.07, 6.45) is 4.60. The molecule has 3 rings (SSSR count). The van der Waals surface area contributed by atoms with Crippen LogP contribution in [0, 0.1) is 5.92 Å². The Morgan fingerprint density at radius 1 is 1.35 bits per heavy atom. The largest absolute Gasteiger partial charge is 0.314 e. The third-order valence-corrected chi connectivity index (χ3v) is 4.99. The predicted octanol–water partition coefficient (Wildman–Crippen LogP) is 1.31. The third kappa shape index (κ3) is 2.67. The van der Waals surface area contributed by atoms with Crippen molar-refractivity contribution < 1.29 is 0 Å². The molecule has 1 aromatic rings. The summed E-state index contributed by atoms with van der Waals surface area (Å²) in [6.45, 7) is 8.53. The molecule has 0 amide bonds. The van der Waals surface area contributed by atoms with Crippen LogP contribution in [0.5, 0.6) is 0 Å². The normalized spacial score (nSPS) is 31.4. The van der Waals surface area contributed by atoms with E-state index in [0.717, 1.165) is 32.1 Å². The van der Waals surface area contributed by atoms with Gasteiger partial charge in [0.15, 0.2) is 0 Å². The van der Waals surface area contributed by atoms with E-state index in [-0.39, 0.29) is 11.1 Å². The lowest BCUT2D eigenvalue weighted by Crippen LogP contribution is -2.64. The highest BCUT2D eigenvalue weighted by molar-refractivity contribution is 5.04. The van der Waals surface area contributed by atoms with E-state index >= 15 is 0 Å². The number of nitrogens with zero attached hydrogens (tertiary/aromatic N) is 2. The molecule has 4 nitrogen and oxygen atoms in total. The summed E-state index contributed by atoms with van der Waals surface area (Å²) in [6, 6.07) is 5.91. The highest BCUT2D eigenvalue weighted by Gasteiger charge is 2.47. The van der Waals surface area contributed by atoms with Crippen molar-refractivity contribution in [2.75, 3.05) is 19.6 Å². The number of rotatable bonds is 4. The molecule has 2 aliphatic rings. The Kier molecular flexibility index (Phi) is 3.69. The van der Waals surface area contributed by atoms with E-state index in [1.54, 1.807) is 12.1 Å². The van der Waals surface area contributed by atoms with Crippen LogP contribution in [0.25, 0.3) is 0 Å². The Bertz CT molecular complexity index is 522. The second-order valence-electron chi connectivity index (χ2n) is 6.59. The van der Waals surface area contributed by atoms with E-state index in [4.69, 9.17) is 0 Å². The first-order valence-electron chi connectivity index (χ1n) is 7.73. The van der Waals surface area contributed by atoms with Crippen molar-refractivity contribution in [2.24, 2.45) is 5.92 Å². The molecule has 1 N–H and O–H groups in total. The van der Waals surface area contributed by atoms with Gasteiger partial charge in [-0.15, -0.1) is 0 Å². The van der Waals surface area contributed by atoms with Crippen molar-refractivity contribution >= 4 is 0 Å². The zero-order chi connectivity index (χ0) is 14.2. The monoisotopic (exact) mass is 275 g/mol. The fourth-order valence-electron chi connectivity index (χ4n) is 3.42. The lowest BCUT2D eigenvalue weighted by atomic mass is 9.90. The molecule has 1 saturated carbocycles. The Hall–Kier alpha value is -1.13. The van der Waals surface area contributed by atoms with Crippen LogP contribution in [0.4, 0.5) is 0 Å². The molecule has 1 aliphatic carbocycles. The smallest absolute Gasteiger partial charge is 0.250 e. The van der Waals surface area contributed by atoms with Crippen LogP contribution in [0.2, 0.25) is 0 Å². The van der Waals surface area contributed by atoms with E-state index in [2.05, 4.69) is 24.1 Å².